The van der Waals surface area contributed by atoms with Gasteiger partial charge in [0.05, 0.1) is 13.2 Å². The Bertz CT molecular complexity index is 451. The molecule has 0 radical (unpaired) electrons. The molecule has 2 N–H and O–H groups in total. The molecule has 2 rings (SSSR count). The van der Waals surface area contributed by atoms with E-state index in [0.717, 1.165) is 30.3 Å². The molecule has 0 heterocycles. The van der Waals surface area contributed by atoms with Crippen molar-refractivity contribution in [2.24, 2.45) is 11.7 Å². The van der Waals surface area contributed by atoms with Crippen molar-refractivity contribution >= 4 is 0 Å². The maximum absolute atomic E-state index is 6.69. The average Bonchev–Trinajstić information content (AvgIpc) is 2.50. The highest BCUT2D eigenvalue weighted by Gasteiger charge is 2.33. The predicted molar refractivity (Wildman–Crippen MR) is 86.9 cm³/mol. The standard InChI is InChI=1S/C18H29NO2/c1-4-14-9-11-18(19,12-10-14)15-7-8-16(20-5-2)17(13-15)21-6-3/h7-8,13-14H,4-6,9-12,19H2,1-3H3. The first kappa shape index (κ1) is 16.2. The molecule has 0 aromatic heterocycles. The zero-order chi connectivity index (χ0) is 15.3. The van der Waals surface area contributed by atoms with Crippen molar-refractivity contribution in [2.75, 3.05) is 13.2 Å². The van der Waals surface area contributed by atoms with E-state index in [1.54, 1.807) is 0 Å². The van der Waals surface area contributed by atoms with Crippen LogP contribution < -0.4 is 15.2 Å². The topological polar surface area (TPSA) is 44.5 Å². The van der Waals surface area contributed by atoms with E-state index in [1.807, 2.05) is 19.9 Å². The average molecular weight is 291 g/mol. The van der Waals surface area contributed by atoms with Gasteiger partial charge in [-0.2, -0.15) is 0 Å². The number of rotatable bonds is 6. The fourth-order valence-corrected chi connectivity index (χ4v) is 3.25. The van der Waals surface area contributed by atoms with Crippen molar-refractivity contribution in [1.82, 2.24) is 0 Å². The molecule has 21 heavy (non-hydrogen) atoms. The van der Waals surface area contributed by atoms with Crippen LogP contribution in [0, 0.1) is 5.92 Å². The number of ether oxygens (including phenoxy) is 2. The third-order valence-corrected chi connectivity index (χ3v) is 4.69. The molecule has 0 amide bonds. The van der Waals surface area contributed by atoms with Gasteiger partial charge in [0.25, 0.3) is 0 Å². The Balaban J connectivity index is 2.21. The summed E-state index contributed by atoms with van der Waals surface area (Å²) in [6.07, 6.45) is 5.84. The van der Waals surface area contributed by atoms with Crippen molar-refractivity contribution < 1.29 is 9.47 Å². The molecule has 1 saturated carbocycles. The van der Waals surface area contributed by atoms with Crippen molar-refractivity contribution in [1.29, 1.82) is 0 Å². The SMILES string of the molecule is CCOc1ccc(C2(N)CCC(CC)CC2)cc1OCC. The minimum Gasteiger partial charge on any atom is -0.490 e. The van der Waals surface area contributed by atoms with Crippen LogP contribution in [0.5, 0.6) is 11.5 Å². The predicted octanol–water partition coefficient (Wildman–Crippen LogP) is 4.24. The molecular weight excluding hydrogens is 262 g/mol. The lowest BCUT2D eigenvalue weighted by atomic mass is 9.73. The first-order chi connectivity index (χ1) is 10.1. The van der Waals surface area contributed by atoms with Crippen LogP contribution in [0.3, 0.4) is 0 Å². The quantitative estimate of drug-likeness (QED) is 0.852. The maximum atomic E-state index is 6.69. The largest absolute Gasteiger partial charge is 0.490 e. The van der Waals surface area contributed by atoms with Crippen LogP contribution in [-0.4, -0.2) is 13.2 Å². The Morgan fingerprint density at radius 3 is 2.24 bits per heavy atom. The summed E-state index contributed by atoms with van der Waals surface area (Å²) < 4.78 is 11.4. The Kier molecular flexibility index (Phi) is 5.51. The monoisotopic (exact) mass is 291 g/mol. The highest BCUT2D eigenvalue weighted by molar-refractivity contribution is 5.45. The van der Waals surface area contributed by atoms with Gasteiger partial charge in [-0.1, -0.05) is 19.4 Å². The minimum absolute atomic E-state index is 0.206. The van der Waals surface area contributed by atoms with Gasteiger partial charge < -0.3 is 15.2 Å². The van der Waals surface area contributed by atoms with Gasteiger partial charge in [-0.25, -0.2) is 0 Å². The van der Waals surface area contributed by atoms with Crippen molar-refractivity contribution in [2.45, 2.75) is 58.4 Å². The first-order valence-corrected chi connectivity index (χ1v) is 8.32. The summed E-state index contributed by atoms with van der Waals surface area (Å²) >= 11 is 0. The number of benzene rings is 1. The summed E-state index contributed by atoms with van der Waals surface area (Å²) in [6, 6.07) is 6.20. The summed E-state index contributed by atoms with van der Waals surface area (Å²) in [5.41, 5.74) is 7.67. The van der Waals surface area contributed by atoms with Gasteiger partial charge in [0, 0.05) is 5.54 Å². The zero-order valence-electron chi connectivity index (χ0n) is 13.7. The normalized spacial score (nSPS) is 25.6. The second-order valence-electron chi connectivity index (χ2n) is 6.04. The van der Waals surface area contributed by atoms with Gasteiger partial charge in [-0.3, -0.25) is 0 Å². The van der Waals surface area contributed by atoms with E-state index in [-0.39, 0.29) is 5.54 Å². The smallest absolute Gasteiger partial charge is 0.161 e. The number of nitrogens with two attached hydrogens (primary N) is 1. The summed E-state index contributed by atoms with van der Waals surface area (Å²) in [5.74, 6) is 2.48. The van der Waals surface area contributed by atoms with E-state index in [9.17, 15) is 0 Å². The van der Waals surface area contributed by atoms with E-state index >= 15 is 0 Å². The molecule has 0 saturated heterocycles. The minimum atomic E-state index is -0.206. The molecule has 1 aliphatic carbocycles. The summed E-state index contributed by atoms with van der Waals surface area (Å²) in [7, 11) is 0. The number of hydrogen-bond donors (Lipinski definition) is 1. The summed E-state index contributed by atoms with van der Waals surface area (Å²) in [6.45, 7) is 7.54. The highest BCUT2D eigenvalue weighted by Crippen LogP contribution is 2.41. The van der Waals surface area contributed by atoms with Crippen LogP contribution in [0.2, 0.25) is 0 Å². The van der Waals surface area contributed by atoms with Gasteiger partial charge in [-0.05, 0) is 63.1 Å². The van der Waals surface area contributed by atoms with Crippen LogP contribution in [0.15, 0.2) is 18.2 Å². The van der Waals surface area contributed by atoms with Crippen molar-refractivity contribution in [3.05, 3.63) is 23.8 Å². The molecular formula is C18H29NO2. The van der Waals surface area contributed by atoms with Gasteiger partial charge in [-0.15, -0.1) is 0 Å². The summed E-state index contributed by atoms with van der Waals surface area (Å²) in [4.78, 5) is 0. The van der Waals surface area contributed by atoms with Crippen LogP contribution in [0.4, 0.5) is 0 Å². The number of hydrogen-bond acceptors (Lipinski definition) is 3. The fourth-order valence-electron chi connectivity index (χ4n) is 3.25. The first-order valence-electron chi connectivity index (χ1n) is 8.32. The second kappa shape index (κ2) is 7.17. The van der Waals surface area contributed by atoms with E-state index in [0.29, 0.717) is 13.2 Å². The maximum Gasteiger partial charge on any atom is 0.161 e. The molecule has 0 atom stereocenters. The molecule has 0 unspecified atom stereocenters. The van der Waals surface area contributed by atoms with Crippen LogP contribution in [-0.2, 0) is 5.54 Å². The van der Waals surface area contributed by atoms with Crippen LogP contribution in [0.1, 0.15) is 58.4 Å². The van der Waals surface area contributed by atoms with E-state index in [4.69, 9.17) is 15.2 Å². The van der Waals surface area contributed by atoms with E-state index in [1.165, 1.54) is 24.8 Å². The molecule has 0 bridgehead atoms. The molecule has 3 nitrogen and oxygen atoms in total. The fraction of sp³-hybridized carbons (Fsp3) is 0.667. The molecule has 1 aliphatic rings. The van der Waals surface area contributed by atoms with Gasteiger partial charge in [0.1, 0.15) is 0 Å². The third-order valence-electron chi connectivity index (χ3n) is 4.69. The van der Waals surface area contributed by atoms with Gasteiger partial charge in [0.15, 0.2) is 11.5 Å². The van der Waals surface area contributed by atoms with E-state index in [2.05, 4.69) is 19.1 Å². The lowest BCUT2D eigenvalue weighted by Gasteiger charge is -2.37. The van der Waals surface area contributed by atoms with Gasteiger partial charge in [0.2, 0.25) is 0 Å². The molecule has 1 aromatic rings. The second-order valence-corrected chi connectivity index (χ2v) is 6.04. The Morgan fingerprint density at radius 2 is 1.67 bits per heavy atom. The molecule has 118 valence electrons. The van der Waals surface area contributed by atoms with Crippen LogP contribution >= 0.6 is 0 Å². The molecule has 1 aromatic carbocycles. The van der Waals surface area contributed by atoms with Crippen LogP contribution in [0.25, 0.3) is 0 Å². The highest BCUT2D eigenvalue weighted by atomic mass is 16.5. The van der Waals surface area contributed by atoms with Crippen molar-refractivity contribution in [3.63, 3.8) is 0 Å². The molecule has 0 spiro atoms. The zero-order valence-corrected chi connectivity index (χ0v) is 13.7. The Morgan fingerprint density at radius 1 is 1.05 bits per heavy atom. The van der Waals surface area contributed by atoms with E-state index < -0.39 is 0 Å². The lowest BCUT2D eigenvalue weighted by molar-refractivity contribution is 0.230. The van der Waals surface area contributed by atoms with Gasteiger partial charge >= 0.3 is 0 Å². The molecule has 3 heteroatoms. The van der Waals surface area contributed by atoms with Crippen molar-refractivity contribution in [3.8, 4) is 11.5 Å². The summed E-state index contributed by atoms with van der Waals surface area (Å²) in [5, 5.41) is 0. The third kappa shape index (κ3) is 3.70. The molecule has 0 aliphatic heterocycles. The Hall–Kier alpha value is -1.22. The lowest BCUT2D eigenvalue weighted by Crippen LogP contribution is -2.40. The molecule has 1 fully saturated rings. The Labute approximate surface area is 128 Å².